The van der Waals surface area contributed by atoms with Crippen LogP contribution in [0.15, 0.2) is 18.5 Å². The highest BCUT2D eigenvalue weighted by molar-refractivity contribution is 6.01. The fourth-order valence-electron chi connectivity index (χ4n) is 1.73. The van der Waals surface area contributed by atoms with Crippen molar-refractivity contribution in [2.45, 2.75) is 26.2 Å². The van der Waals surface area contributed by atoms with Gasteiger partial charge < -0.3 is 0 Å². The van der Waals surface area contributed by atoms with E-state index in [4.69, 9.17) is 0 Å². The number of Topliss-reactive ketones (excluding diaryl/α,β-unsaturated/α-hetero) is 1. The van der Waals surface area contributed by atoms with Crippen LogP contribution >= 0.6 is 0 Å². The van der Waals surface area contributed by atoms with Crippen molar-refractivity contribution in [2.75, 3.05) is 0 Å². The van der Waals surface area contributed by atoms with Crippen molar-refractivity contribution in [3.8, 4) is 0 Å². The van der Waals surface area contributed by atoms with E-state index in [0.29, 0.717) is 5.56 Å². The molecule has 0 spiro atoms. The van der Waals surface area contributed by atoms with Crippen LogP contribution in [0.4, 0.5) is 4.39 Å². The van der Waals surface area contributed by atoms with Crippen LogP contribution in [0.5, 0.6) is 0 Å². The Morgan fingerprint density at radius 3 is 2.79 bits per heavy atom. The number of carbonyl (C=O) groups is 1. The van der Waals surface area contributed by atoms with Crippen molar-refractivity contribution in [1.82, 2.24) is 4.98 Å². The summed E-state index contributed by atoms with van der Waals surface area (Å²) in [5.41, 5.74) is 0.208. The molecule has 0 amide bonds. The molecule has 0 radical (unpaired) electrons. The van der Waals surface area contributed by atoms with Crippen LogP contribution in [0.2, 0.25) is 0 Å². The standard InChI is InChI=1S/C11H12FNO/c1-2-11(3-4-11)10(14)8-5-9(12)7-13-6-8/h5-7H,2-4H2,1H3. The molecule has 1 fully saturated rings. The summed E-state index contributed by atoms with van der Waals surface area (Å²) in [6.45, 7) is 2.00. The average molecular weight is 193 g/mol. The SMILES string of the molecule is CCC1(C(=O)c2cncc(F)c2)CC1. The lowest BCUT2D eigenvalue weighted by Gasteiger charge is -2.09. The lowest BCUT2D eigenvalue weighted by atomic mass is 9.93. The van der Waals surface area contributed by atoms with Gasteiger partial charge in [-0.15, -0.1) is 0 Å². The third kappa shape index (κ3) is 1.43. The van der Waals surface area contributed by atoms with Gasteiger partial charge in [0.25, 0.3) is 0 Å². The molecule has 2 nitrogen and oxygen atoms in total. The third-order valence-electron chi connectivity index (χ3n) is 2.98. The average Bonchev–Trinajstić information content (AvgIpc) is 2.97. The highest BCUT2D eigenvalue weighted by Gasteiger charge is 2.48. The molecule has 14 heavy (non-hydrogen) atoms. The number of aromatic nitrogens is 1. The summed E-state index contributed by atoms with van der Waals surface area (Å²) < 4.78 is 12.8. The second kappa shape index (κ2) is 3.15. The summed E-state index contributed by atoms with van der Waals surface area (Å²) in [5.74, 6) is -0.394. The van der Waals surface area contributed by atoms with Gasteiger partial charge in [0.15, 0.2) is 5.78 Å². The van der Waals surface area contributed by atoms with Crippen molar-refractivity contribution in [2.24, 2.45) is 5.41 Å². The Morgan fingerprint density at radius 1 is 1.57 bits per heavy atom. The molecule has 1 aliphatic carbocycles. The van der Waals surface area contributed by atoms with Crippen molar-refractivity contribution in [1.29, 1.82) is 0 Å². The van der Waals surface area contributed by atoms with Gasteiger partial charge in [0, 0.05) is 17.2 Å². The molecule has 1 saturated carbocycles. The van der Waals surface area contributed by atoms with Crippen LogP contribution in [0, 0.1) is 11.2 Å². The van der Waals surface area contributed by atoms with Gasteiger partial charge in [0.05, 0.1) is 6.20 Å². The summed E-state index contributed by atoms with van der Waals surface area (Å²) in [6.07, 6.45) is 5.25. The first-order valence-corrected chi connectivity index (χ1v) is 4.83. The molecular formula is C11H12FNO. The number of carbonyl (C=O) groups excluding carboxylic acids is 1. The Kier molecular flexibility index (Phi) is 2.10. The number of hydrogen-bond acceptors (Lipinski definition) is 2. The maximum atomic E-state index is 12.8. The largest absolute Gasteiger partial charge is 0.293 e. The number of halogens is 1. The monoisotopic (exact) mass is 193 g/mol. The molecule has 2 rings (SSSR count). The molecular weight excluding hydrogens is 181 g/mol. The Morgan fingerprint density at radius 2 is 2.29 bits per heavy atom. The number of rotatable bonds is 3. The Bertz CT molecular complexity index is 371. The minimum absolute atomic E-state index is 0.0481. The molecule has 0 N–H and O–H groups in total. The maximum absolute atomic E-state index is 12.8. The number of ketones is 1. The molecule has 0 aliphatic heterocycles. The van der Waals surface area contributed by atoms with Crippen LogP contribution in [0.25, 0.3) is 0 Å². The van der Waals surface area contributed by atoms with Crippen molar-refractivity contribution < 1.29 is 9.18 Å². The van der Waals surface area contributed by atoms with Crippen LogP contribution < -0.4 is 0 Å². The van der Waals surface area contributed by atoms with E-state index in [0.717, 1.165) is 25.5 Å². The summed E-state index contributed by atoms with van der Waals surface area (Å²) >= 11 is 0. The summed E-state index contributed by atoms with van der Waals surface area (Å²) in [4.78, 5) is 15.6. The van der Waals surface area contributed by atoms with E-state index < -0.39 is 5.82 Å². The highest BCUT2D eigenvalue weighted by atomic mass is 19.1. The quantitative estimate of drug-likeness (QED) is 0.690. The predicted molar refractivity (Wildman–Crippen MR) is 50.5 cm³/mol. The van der Waals surface area contributed by atoms with Gasteiger partial charge in [0.2, 0.25) is 0 Å². The lowest BCUT2D eigenvalue weighted by molar-refractivity contribution is 0.0895. The number of pyridine rings is 1. The fourth-order valence-corrected chi connectivity index (χ4v) is 1.73. The van der Waals surface area contributed by atoms with Crippen molar-refractivity contribution in [3.05, 3.63) is 29.8 Å². The number of nitrogens with zero attached hydrogens (tertiary/aromatic N) is 1. The molecule has 3 heteroatoms. The predicted octanol–water partition coefficient (Wildman–Crippen LogP) is 2.59. The second-order valence-corrected chi connectivity index (χ2v) is 3.85. The van der Waals surface area contributed by atoms with Gasteiger partial charge in [-0.1, -0.05) is 6.92 Å². The smallest absolute Gasteiger partial charge is 0.170 e. The molecule has 1 heterocycles. The zero-order chi connectivity index (χ0) is 10.2. The summed E-state index contributed by atoms with van der Waals surface area (Å²) in [6, 6.07) is 1.27. The highest BCUT2D eigenvalue weighted by Crippen LogP contribution is 2.50. The third-order valence-corrected chi connectivity index (χ3v) is 2.98. The topological polar surface area (TPSA) is 30.0 Å². The maximum Gasteiger partial charge on any atom is 0.170 e. The van der Waals surface area contributed by atoms with E-state index in [1.54, 1.807) is 0 Å². The minimum Gasteiger partial charge on any atom is -0.293 e. The van der Waals surface area contributed by atoms with Crippen LogP contribution in [0.1, 0.15) is 36.5 Å². The van der Waals surface area contributed by atoms with Gasteiger partial charge >= 0.3 is 0 Å². The van der Waals surface area contributed by atoms with Crippen molar-refractivity contribution in [3.63, 3.8) is 0 Å². The van der Waals surface area contributed by atoms with Crippen LogP contribution in [0.3, 0.4) is 0 Å². The Balaban J connectivity index is 2.28. The zero-order valence-corrected chi connectivity index (χ0v) is 8.09. The van der Waals surface area contributed by atoms with Gasteiger partial charge in [0.1, 0.15) is 5.82 Å². The number of hydrogen-bond donors (Lipinski definition) is 0. The van der Waals surface area contributed by atoms with E-state index in [1.807, 2.05) is 6.92 Å². The minimum atomic E-state index is -0.442. The molecule has 0 bridgehead atoms. The molecule has 1 aromatic rings. The molecule has 1 aromatic heterocycles. The van der Waals surface area contributed by atoms with Crippen LogP contribution in [-0.4, -0.2) is 10.8 Å². The Hall–Kier alpha value is -1.25. The molecule has 1 aliphatic rings. The van der Waals surface area contributed by atoms with E-state index in [-0.39, 0.29) is 11.2 Å². The van der Waals surface area contributed by atoms with E-state index in [2.05, 4.69) is 4.98 Å². The zero-order valence-electron chi connectivity index (χ0n) is 8.09. The summed E-state index contributed by atoms with van der Waals surface area (Å²) in [5, 5.41) is 0. The molecule has 0 aromatic carbocycles. The first-order chi connectivity index (χ1) is 6.68. The van der Waals surface area contributed by atoms with Gasteiger partial charge in [-0.05, 0) is 25.3 Å². The lowest BCUT2D eigenvalue weighted by Crippen LogP contribution is -2.15. The fraction of sp³-hybridized carbons (Fsp3) is 0.455. The molecule has 74 valence electrons. The van der Waals surface area contributed by atoms with Crippen LogP contribution in [-0.2, 0) is 0 Å². The van der Waals surface area contributed by atoms with E-state index >= 15 is 0 Å². The Labute approximate surface area is 82.2 Å². The van der Waals surface area contributed by atoms with E-state index in [9.17, 15) is 9.18 Å². The van der Waals surface area contributed by atoms with Gasteiger partial charge in [-0.2, -0.15) is 0 Å². The molecule has 0 unspecified atom stereocenters. The van der Waals surface area contributed by atoms with Crippen molar-refractivity contribution >= 4 is 5.78 Å². The first-order valence-electron chi connectivity index (χ1n) is 4.83. The van der Waals surface area contributed by atoms with Gasteiger partial charge in [-0.3, -0.25) is 9.78 Å². The normalized spacial score (nSPS) is 17.9. The van der Waals surface area contributed by atoms with E-state index in [1.165, 1.54) is 12.3 Å². The molecule has 0 atom stereocenters. The molecule has 0 saturated heterocycles. The second-order valence-electron chi connectivity index (χ2n) is 3.85. The first kappa shape index (κ1) is 9.31. The van der Waals surface area contributed by atoms with Gasteiger partial charge in [-0.25, -0.2) is 4.39 Å². The summed E-state index contributed by atoms with van der Waals surface area (Å²) in [7, 11) is 0.